The van der Waals surface area contributed by atoms with Gasteiger partial charge in [-0.1, -0.05) is 31.0 Å². The van der Waals surface area contributed by atoms with Crippen molar-refractivity contribution in [3.63, 3.8) is 0 Å². The van der Waals surface area contributed by atoms with E-state index in [1.54, 1.807) is 6.08 Å². The van der Waals surface area contributed by atoms with Crippen molar-refractivity contribution in [2.24, 2.45) is 5.10 Å². The fraction of sp³-hybridized carbons (Fsp3) is 0.333. The van der Waals surface area contributed by atoms with Gasteiger partial charge in [0.05, 0.1) is 17.0 Å². The van der Waals surface area contributed by atoms with Gasteiger partial charge in [-0.05, 0) is 44.0 Å². The molecule has 0 aliphatic carbocycles. The molecule has 0 spiro atoms. The number of carbonyl (C=O) groups is 1. The predicted molar refractivity (Wildman–Crippen MR) is 104 cm³/mol. The highest BCUT2D eigenvalue weighted by atomic mass is 16.4. The molecule has 0 atom stereocenters. The summed E-state index contributed by atoms with van der Waals surface area (Å²) in [4.78, 5) is 15.1. The number of amides is 1. The summed E-state index contributed by atoms with van der Waals surface area (Å²) in [6.45, 7) is 3.92. The van der Waals surface area contributed by atoms with E-state index >= 15 is 0 Å². The standard InChI is InChI=1S/C21H23N3O2/c1-16-19(21(25)24(22-16)17-9-5-4-6-10-17)15-18-11-12-20(26-18)23-13-7-2-3-8-14-23/h4-6,9-12,15H,2-3,7-8,13-14H2,1H3/b19-15+. The molecule has 0 unspecified atom stereocenters. The van der Waals surface area contributed by atoms with Crippen LogP contribution in [-0.2, 0) is 4.79 Å². The molecule has 2 aliphatic heterocycles. The molecule has 134 valence electrons. The first-order chi connectivity index (χ1) is 12.7. The lowest BCUT2D eigenvalue weighted by Gasteiger charge is -2.18. The van der Waals surface area contributed by atoms with Gasteiger partial charge in [0.2, 0.25) is 0 Å². The molecule has 1 aromatic heterocycles. The fourth-order valence-electron chi connectivity index (χ4n) is 3.45. The molecular formula is C21H23N3O2. The lowest BCUT2D eigenvalue weighted by atomic mass is 10.1. The Morgan fingerprint density at radius 3 is 2.46 bits per heavy atom. The molecule has 1 fully saturated rings. The van der Waals surface area contributed by atoms with Gasteiger partial charge in [-0.25, -0.2) is 0 Å². The van der Waals surface area contributed by atoms with Crippen LogP contribution in [0.1, 0.15) is 38.4 Å². The van der Waals surface area contributed by atoms with Crippen LogP contribution in [0.4, 0.5) is 11.6 Å². The summed E-state index contributed by atoms with van der Waals surface area (Å²) in [6.07, 6.45) is 6.77. The fourth-order valence-corrected chi connectivity index (χ4v) is 3.45. The van der Waals surface area contributed by atoms with Gasteiger partial charge in [0, 0.05) is 19.2 Å². The number of nitrogens with zero attached hydrogens (tertiary/aromatic N) is 3. The van der Waals surface area contributed by atoms with Gasteiger partial charge in [-0.15, -0.1) is 0 Å². The smallest absolute Gasteiger partial charge is 0.280 e. The SMILES string of the molecule is CC1=NN(c2ccccc2)C(=O)/C1=C/c1ccc(N2CCCCCC2)o1. The average molecular weight is 349 g/mol. The number of furan rings is 1. The van der Waals surface area contributed by atoms with Crippen LogP contribution in [0.25, 0.3) is 6.08 Å². The lowest BCUT2D eigenvalue weighted by Crippen LogP contribution is -2.23. The minimum Gasteiger partial charge on any atom is -0.441 e. The van der Waals surface area contributed by atoms with Crippen molar-refractivity contribution in [2.75, 3.05) is 23.0 Å². The van der Waals surface area contributed by atoms with Crippen LogP contribution in [0, 0.1) is 0 Å². The summed E-state index contributed by atoms with van der Waals surface area (Å²) in [7, 11) is 0. The summed E-state index contributed by atoms with van der Waals surface area (Å²) in [5.41, 5.74) is 2.04. The highest BCUT2D eigenvalue weighted by Crippen LogP contribution is 2.27. The summed E-state index contributed by atoms with van der Waals surface area (Å²) in [6, 6.07) is 13.4. The highest BCUT2D eigenvalue weighted by molar-refractivity contribution is 6.32. The molecule has 0 N–H and O–H groups in total. The summed E-state index contributed by atoms with van der Waals surface area (Å²) >= 11 is 0. The second-order valence-corrected chi connectivity index (χ2v) is 6.77. The molecule has 5 nitrogen and oxygen atoms in total. The predicted octanol–water partition coefficient (Wildman–Crippen LogP) is 4.47. The molecule has 5 heteroatoms. The van der Waals surface area contributed by atoms with Crippen molar-refractivity contribution >= 4 is 29.3 Å². The molecule has 1 saturated heterocycles. The Morgan fingerprint density at radius 1 is 1.00 bits per heavy atom. The van der Waals surface area contributed by atoms with Gasteiger partial charge in [0.1, 0.15) is 5.76 Å². The minimum atomic E-state index is -0.124. The van der Waals surface area contributed by atoms with E-state index in [2.05, 4.69) is 10.0 Å². The van der Waals surface area contributed by atoms with E-state index in [9.17, 15) is 4.79 Å². The van der Waals surface area contributed by atoms with Gasteiger partial charge >= 0.3 is 0 Å². The monoisotopic (exact) mass is 349 g/mol. The average Bonchev–Trinajstić information content (AvgIpc) is 3.11. The zero-order chi connectivity index (χ0) is 17.9. The van der Waals surface area contributed by atoms with Crippen LogP contribution in [0.3, 0.4) is 0 Å². The first kappa shape index (κ1) is 16.6. The Hall–Kier alpha value is -2.82. The third-order valence-electron chi connectivity index (χ3n) is 4.88. The zero-order valence-electron chi connectivity index (χ0n) is 15.0. The number of benzene rings is 1. The zero-order valence-corrected chi connectivity index (χ0v) is 15.0. The van der Waals surface area contributed by atoms with Crippen molar-refractivity contribution in [3.05, 3.63) is 53.8 Å². The quantitative estimate of drug-likeness (QED) is 0.768. The number of rotatable bonds is 3. The third kappa shape index (κ3) is 3.29. The molecule has 0 bridgehead atoms. The largest absolute Gasteiger partial charge is 0.441 e. The second-order valence-electron chi connectivity index (χ2n) is 6.77. The summed E-state index contributed by atoms with van der Waals surface area (Å²) < 4.78 is 6.00. The number of anilines is 2. The number of para-hydroxylation sites is 1. The Bertz CT molecular complexity index is 843. The Kier molecular flexibility index (Phi) is 4.61. The Morgan fingerprint density at radius 2 is 1.73 bits per heavy atom. The van der Waals surface area contributed by atoms with Crippen LogP contribution >= 0.6 is 0 Å². The Labute approximate surface area is 153 Å². The second kappa shape index (κ2) is 7.20. The highest BCUT2D eigenvalue weighted by Gasteiger charge is 2.29. The van der Waals surface area contributed by atoms with E-state index < -0.39 is 0 Å². The first-order valence-corrected chi connectivity index (χ1v) is 9.24. The van der Waals surface area contributed by atoms with Gasteiger partial charge in [0.25, 0.3) is 5.91 Å². The molecular weight excluding hydrogens is 326 g/mol. The lowest BCUT2D eigenvalue weighted by molar-refractivity contribution is -0.114. The maximum Gasteiger partial charge on any atom is 0.280 e. The van der Waals surface area contributed by atoms with Crippen LogP contribution in [0.2, 0.25) is 0 Å². The van der Waals surface area contributed by atoms with Gasteiger partial charge in [-0.2, -0.15) is 10.1 Å². The number of hydrazone groups is 1. The molecule has 4 rings (SSSR count). The van der Waals surface area contributed by atoms with Gasteiger partial charge < -0.3 is 9.32 Å². The van der Waals surface area contributed by atoms with Crippen LogP contribution in [0.15, 0.2) is 57.6 Å². The first-order valence-electron chi connectivity index (χ1n) is 9.24. The van der Waals surface area contributed by atoms with E-state index in [1.807, 2.05) is 49.4 Å². The van der Waals surface area contributed by atoms with E-state index in [1.165, 1.54) is 30.7 Å². The topological polar surface area (TPSA) is 49.1 Å². The number of hydrogen-bond donors (Lipinski definition) is 0. The summed E-state index contributed by atoms with van der Waals surface area (Å²) in [5.74, 6) is 1.46. The molecule has 0 radical (unpaired) electrons. The molecule has 1 aromatic carbocycles. The minimum absolute atomic E-state index is 0.124. The molecule has 2 aromatic rings. The molecule has 1 amide bonds. The normalized spacial score (nSPS) is 19.8. The molecule has 3 heterocycles. The van der Waals surface area contributed by atoms with Crippen molar-refractivity contribution in [1.82, 2.24) is 0 Å². The maximum absolute atomic E-state index is 12.8. The van der Waals surface area contributed by atoms with E-state index in [0.29, 0.717) is 17.0 Å². The van der Waals surface area contributed by atoms with Crippen molar-refractivity contribution < 1.29 is 9.21 Å². The van der Waals surface area contributed by atoms with Crippen molar-refractivity contribution in [1.29, 1.82) is 0 Å². The van der Waals surface area contributed by atoms with E-state index in [-0.39, 0.29) is 5.91 Å². The van der Waals surface area contributed by atoms with E-state index in [0.717, 1.165) is 24.7 Å². The molecule has 26 heavy (non-hydrogen) atoms. The maximum atomic E-state index is 12.8. The van der Waals surface area contributed by atoms with Gasteiger partial charge in [0.15, 0.2) is 5.88 Å². The Balaban J connectivity index is 1.55. The van der Waals surface area contributed by atoms with Crippen LogP contribution in [-0.4, -0.2) is 24.7 Å². The molecule has 0 saturated carbocycles. The number of carbonyl (C=O) groups excluding carboxylic acids is 1. The van der Waals surface area contributed by atoms with Crippen molar-refractivity contribution in [3.8, 4) is 0 Å². The number of hydrogen-bond acceptors (Lipinski definition) is 4. The van der Waals surface area contributed by atoms with Crippen LogP contribution in [0.5, 0.6) is 0 Å². The van der Waals surface area contributed by atoms with Crippen molar-refractivity contribution in [2.45, 2.75) is 32.6 Å². The van der Waals surface area contributed by atoms with Crippen LogP contribution < -0.4 is 9.91 Å². The summed E-state index contributed by atoms with van der Waals surface area (Å²) in [5, 5.41) is 5.85. The third-order valence-corrected chi connectivity index (χ3v) is 4.88. The van der Waals surface area contributed by atoms with Gasteiger partial charge in [-0.3, -0.25) is 4.79 Å². The molecule has 2 aliphatic rings. The van der Waals surface area contributed by atoms with E-state index in [4.69, 9.17) is 4.42 Å².